The Kier molecular flexibility index (Phi) is 6.11. The number of nitrogens with one attached hydrogen (secondary N) is 2. The molecule has 1 amide bonds. The Labute approximate surface area is 157 Å². The fourth-order valence-corrected chi connectivity index (χ4v) is 4.07. The molecule has 0 aliphatic carbocycles. The van der Waals surface area contributed by atoms with Gasteiger partial charge < -0.3 is 5.32 Å². The number of hydrogen-bond acceptors (Lipinski definition) is 3. The quantitative estimate of drug-likeness (QED) is 0.798. The van der Waals surface area contributed by atoms with Crippen LogP contribution in [0.1, 0.15) is 18.1 Å². The zero-order valence-corrected chi connectivity index (χ0v) is 16.3. The minimum Gasteiger partial charge on any atom is -0.325 e. The summed E-state index contributed by atoms with van der Waals surface area (Å²) in [6.45, 7) is 5.34. The third-order valence-electron chi connectivity index (χ3n) is 3.68. The first-order valence-corrected chi connectivity index (χ1v) is 9.69. The van der Waals surface area contributed by atoms with Crippen LogP contribution in [0.3, 0.4) is 0 Å². The molecule has 2 N–H and O–H groups in total. The molecule has 0 saturated heterocycles. The largest absolute Gasteiger partial charge is 0.325 e. The molecule has 2 aromatic rings. The molecular weight excluding hydrogens is 383 g/mol. The van der Waals surface area contributed by atoms with E-state index in [1.54, 1.807) is 6.07 Å². The zero-order valence-electron chi connectivity index (χ0n) is 13.9. The van der Waals surface area contributed by atoms with Crippen LogP contribution in [0.15, 0.2) is 41.3 Å². The zero-order chi connectivity index (χ0) is 18.8. The highest BCUT2D eigenvalue weighted by molar-refractivity contribution is 7.89. The third kappa shape index (κ3) is 4.95. The maximum Gasteiger partial charge on any atom is 0.242 e. The molecule has 25 heavy (non-hydrogen) atoms. The lowest BCUT2D eigenvalue weighted by molar-refractivity contribution is -0.117. The van der Waals surface area contributed by atoms with Crippen molar-refractivity contribution in [3.63, 3.8) is 0 Å². The number of amides is 1. The molecule has 0 heterocycles. The van der Waals surface area contributed by atoms with Crippen LogP contribution < -0.4 is 10.0 Å². The second-order valence-electron chi connectivity index (χ2n) is 5.71. The van der Waals surface area contributed by atoms with Gasteiger partial charge in [0.1, 0.15) is 4.90 Å². The standard InChI is InChI=1S/C17H18Cl2N2O3S/c1-10-4-6-14(8-11(10)2)20-17(22)12(3)21-25(23,24)16-9-13(18)5-7-15(16)19/h4-9,12,21H,1-3H3,(H,20,22). The molecule has 134 valence electrons. The van der Waals surface area contributed by atoms with Crippen molar-refractivity contribution in [2.45, 2.75) is 31.7 Å². The Balaban J connectivity index is 2.14. The van der Waals surface area contributed by atoms with E-state index in [1.165, 1.54) is 25.1 Å². The third-order valence-corrected chi connectivity index (χ3v) is 5.94. The second-order valence-corrected chi connectivity index (χ2v) is 8.23. The lowest BCUT2D eigenvalue weighted by Gasteiger charge is -2.16. The van der Waals surface area contributed by atoms with Gasteiger partial charge in [-0.2, -0.15) is 4.72 Å². The van der Waals surface area contributed by atoms with Gasteiger partial charge >= 0.3 is 0 Å². The topological polar surface area (TPSA) is 75.3 Å². The normalized spacial score (nSPS) is 12.7. The van der Waals surface area contributed by atoms with Crippen LogP contribution in [-0.4, -0.2) is 20.4 Å². The number of halogens is 2. The van der Waals surface area contributed by atoms with Crippen molar-refractivity contribution in [2.75, 3.05) is 5.32 Å². The molecule has 0 saturated carbocycles. The molecule has 2 rings (SSSR count). The first kappa shape index (κ1) is 19.7. The predicted molar refractivity (Wildman–Crippen MR) is 101 cm³/mol. The lowest BCUT2D eigenvalue weighted by Crippen LogP contribution is -2.41. The number of sulfonamides is 1. The predicted octanol–water partition coefficient (Wildman–Crippen LogP) is 3.92. The van der Waals surface area contributed by atoms with E-state index in [4.69, 9.17) is 23.2 Å². The molecular formula is C17H18Cl2N2O3S. The minimum absolute atomic E-state index is 0.0265. The fourth-order valence-electron chi connectivity index (χ4n) is 2.10. The maximum absolute atomic E-state index is 12.4. The number of anilines is 1. The summed E-state index contributed by atoms with van der Waals surface area (Å²) in [5, 5.41) is 2.94. The smallest absolute Gasteiger partial charge is 0.242 e. The van der Waals surface area contributed by atoms with E-state index in [2.05, 4.69) is 10.0 Å². The maximum atomic E-state index is 12.4. The van der Waals surface area contributed by atoms with Gasteiger partial charge in [0.2, 0.25) is 15.9 Å². The summed E-state index contributed by atoms with van der Waals surface area (Å²) >= 11 is 11.8. The Bertz CT molecular complexity index is 914. The Morgan fingerprint density at radius 2 is 1.72 bits per heavy atom. The van der Waals surface area contributed by atoms with E-state index in [-0.39, 0.29) is 14.9 Å². The summed E-state index contributed by atoms with van der Waals surface area (Å²) in [5.74, 6) is -0.482. The van der Waals surface area contributed by atoms with Gasteiger partial charge in [0.25, 0.3) is 0 Å². The van der Waals surface area contributed by atoms with Gasteiger partial charge in [-0.3, -0.25) is 4.79 Å². The van der Waals surface area contributed by atoms with Crippen LogP contribution >= 0.6 is 23.2 Å². The van der Waals surface area contributed by atoms with Crippen molar-refractivity contribution >= 4 is 44.8 Å². The van der Waals surface area contributed by atoms with Crippen LogP contribution in [0, 0.1) is 13.8 Å². The van der Waals surface area contributed by atoms with E-state index in [0.29, 0.717) is 5.69 Å². The molecule has 0 aliphatic heterocycles. The number of benzene rings is 2. The number of carbonyl (C=O) groups excluding carboxylic acids is 1. The van der Waals surface area contributed by atoms with Crippen molar-refractivity contribution in [1.29, 1.82) is 0 Å². The van der Waals surface area contributed by atoms with Crippen LogP contribution in [0.4, 0.5) is 5.69 Å². The lowest BCUT2D eigenvalue weighted by atomic mass is 10.1. The molecule has 0 radical (unpaired) electrons. The van der Waals surface area contributed by atoms with E-state index in [0.717, 1.165) is 11.1 Å². The summed E-state index contributed by atoms with van der Waals surface area (Å²) in [6, 6.07) is 8.57. The van der Waals surface area contributed by atoms with Gasteiger partial charge in [-0.25, -0.2) is 8.42 Å². The monoisotopic (exact) mass is 400 g/mol. The number of hydrogen-bond donors (Lipinski definition) is 2. The Hall–Kier alpha value is -1.60. The van der Waals surface area contributed by atoms with Crippen LogP contribution in [0.5, 0.6) is 0 Å². The van der Waals surface area contributed by atoms with Crippen molar-refractivity contribution in [2.24, 2.45) is 0 Å². The molecule has 0 spiro atoms. The summed E-state index contributed by atoms with van der Waals surface area (Å²) in [4.78, 5) is 12.1. The molecule has 5 nitrogen and oxygen atoms in total. The Morgan fingerprint density at radius 3 is 2.36 bits per heavy atom. The average Bonchev–Trinajstić information content (AvgIpc) is 2.52. The van der Waals surface area contributed by atoms with Crippen molar-refractivity contribution in [1.82, 2.24) is 4.72 Å². The highest BCUT2D eigenvalue weighted by Crippen LogP contribution is 2.25. The second kappa shape index (κ2) is 7.74. The van der Waals surface area contributed by atoms with Gasteiger partial charge in [-0.1, -0.05) is 29.3 Å². The molecule has 1 atom stereocenters. The molecule has 2 aromatic carbocycles. The molecule has 0 aliphatic rings. The van der Waals surface area contributed by atoms with E-state index in [1.807, 2.05) is 26.0 Å². The van der Waals surface area contributed by atoms with Crippen molar-refractivity contribution < 1.29 is 13.2 Å². The van der Waals surface area contributed by atoms with Crippen molar-refractivity contribution in [3.05, 3.63) is 57.6 Å². The van der Waals surface area contributed by atoms with Crippen LogP contribution in [0.2, 0.25) is 10.0 Å². The molecule has 0 fully saturated rings. The molecule has 8 heteroatoms. The molecule has 1 unspecified atom stereocenters. The van der Waals surface area contributed by atoms with Crippen LogP contribution in [0.25, 0.3) is 0 Å². The number of carbonyl (C=O) groups is 1. The highest BCUT2D eigenvalue weighted by atomic mass is 35.5. The van der Waals surface area contributed by atoms with Crippen molar-refractivity contribution in [3.8, 4) is 0 Å². The van der Waals surface area contributed by atoms with Gasteiger partial charge in [0, 0.05) is 10.7 Å². The fraction of sp³-hybridized carbons (Fsp3) is 0.235. The van der Waals surface area contributed by atoms with Gasteiger partial charge in [0.15, 0.2) is 0 Å². The summed E-state index contributed by atoms with van der Waals surface area (Å²) in [7, 11) is -3.99. The molecule has 0 bridgehead atoms. The van der Waals surface area contributed by atoms with Gasteiger partial charge in [-0.15, -0.1) is 0 Å². The van der Waals surface area contributed by atoms with E-state index >= 15 is 0 Å². The minimum atomic E-state index is -3.99. The molecule has 0 aromatic heterocycles. The van der Waals surface area contributed by atoms with Crippen LogP contribution in [-0.2, 0) is 14.8 Å². The average molecular weight is 401 g/mol. The first-order chi connectivity index (χ1) is 11.6. The number of rotatable bonds is 5. The van der Waals surface area contributed by atoms with E-state index < -0.39 is 22.0 Å². The van der Waals surface area contributed by atoms with Gasteiger partial charge in [-0.05, 0) is 62.2 Å². The van der Waals surface area contributed by atoms with E-state index in [9.17, 15) is 13.2 Å². The SMILES string of the molecule is Cc1ccc(NC(=O)C(C)NS(=O)(=O)c2cc(Cl)ccc2Cl)cc1C. The highest BCUT2D eigenvalue weighted by Gasteiger charge is 2.24. The summed E-state index contributed by atoms with van der Waals surface area (Å²) in [6.07, 6.45) is 0. The van der Waals surface area contributed by atoms with Gasteiger partial charge in [0.05, 0.1) is 11.1 Å². The summed E-state index contributed by atoms with van der Waals surface area (Å²) in [5.41, 5.74) is 2.72. The first-order valence-electron chi connectivity index (χ1n) is 7.45. The number of aryl methyl sites for hydroxylation is 2. The summed E-state index contributed by atoms with van der Waals surface area (Å²) < 4.78 is 27.2. The Morgan fingerprint density at radius 1 is 1.04 bits per heavy atom.